The molecule has 0 radical (unpaired) electrons. The maximum Gasteiger partial charge on any atom is 0.140 e. The summed E-state index contributed by atoms with van der Waals surface area (Å²) >= 11 is 0. The minimum atomic E-state index is 0.286. The Hall–Kier alpha value is -0.770. The van der Waals surface area contributed by atoms with Crippen LogP contribution in [0.3, 0.4) is 0 Å². The van der Waals surface area contributed by atoms with E-state index >= 15 is 0 Å². The van der Waals surface area contributed by atoms with E-state index in [1.807, 2.05) is 0 Å². The summed E-state index contributed by atoms with van der Waals surface area (Å²) < 4.78 is 0. The Morgan fingerprint density at radius 2 is 2.19 bits per heavy atom. The van der Waals surface area contributed by atoms with Crippen molar-refractivity contribution < 1.29 is 5.21 Å². The Morgan fingerprint density at radius 1 is 1.44 bits per heavy atom. The van der Waals surface area contributed by atoms with Crippen molar-refractivity contribution in [2.45, 2.75) is 64.5 Å². The molecule has 0 bridgehead atoms. The van der Waals surface area contributed by atoms with Gasteiger partial charge in [-0.1, -0.05) is 24.9 Å². The van der Waals surface area contributed by atoms with E-state index < -0.39 is 0 Å². The maximum atomic E-state index is 8.50. The maximum absolute atomic E-state index is 8.50. The highest BCUT2D eigenvalue weighted by Crippen LogP contribution is 2.22. The summed E-state index contributed by atoms with van der Waals surface area (Å²) in [5.74, 6) is 1.17. The standard InChI is InChI=1S/C12H25N3O/c1-9-4-3-5-11(7-6-9)14-10(2)8-12(13)15-16/h9-11,14,16H,3-8H2,1-2H3,(H2,13,15). The fourth-order valence-corrected chi connectivity index (χ4v) is 2.47. The number of nitrogens with two attached hydrogens (primary N) is 1. The van der Waals surface area contributed by atoms with Gasteiger partial charge in [0, 0.05) is 18.5 Å². The van der Waals surface area contributed by atoms with Gasteiger partial charge in [0.15, 0.2) is 0 Å². The summed E-state index contributed by atoms with van der Waals surface area (Å²) in [7, 11) is 0. The number of hydrogen-bond donors (Lipinski definition) is 3. The molecular weight excluding hydrogens is 202 g/mol. The normalized spacial score (nSPS) is 29.8. The minimum Gasteiger partial charge on any atom is -0.409 e. The van der Waals surface area contributed by atoms with Crippen LogP contribution < -0.4 is 11.1 Å². The molecule has 4 nitrogen and oxygen atoms in total. The molecule has 94 valence electrons. The van der Waals surface area contributed by atoms with Crippen LogP contribution in [0.15, 0.2) is 5.16 Å². The van der Waals surface area contributed by atoms with E-state index in [1.54, 1.807) is 0 Å². The third kappa shape index (κ3) is 4.84. The quantitative estimate of drug-likeness (QED) is 0.226. The largest absolute Gasteiger partial charge is 0.409 e. The van der Waals surface area contributed by atoms with E-state index in [4.69, 9.17) is 10.9 Å². The van der Waals surface area contributed by atoms with Crippen LogP contribution in [0.2, 0.25) is 0 Å². The Balaban J connectivity index is 2.30. The average Bonchev–Trinajstić information content (AvgIpc) is 2.43. The van der Waals surface area contributed by atoms with Gasteiger partial charge in [-0.25, -0.2) is 0 Å². The summed E-state index contributed by atoms with van der Waals surface area (Å²) in [5, 5.41) is 15.1. The minimum absolute atomic E-state index is 0.286. The highest BCUT2D eigenvalue weighted by atomic mass is 16.4. The Morgan fingerprint density at radius 3 is 2.88 bits per heavy atom. The smallest absolute Gasteiger partial charge is 0.140 e. The molecule has 1 aliphatic carbocycles. The van der Waals surface area contributed by atoms with Gasteiger partial charge in [0.05, 0.1) is 0 Å². The number of oxime groups is 1. The van der Waals surface area contributed by atoms with Crippen molar-refractivity contribution in [1.29, 1.82) is 0 Å². The van der Waals surface area contributed by atoms with Gasteiger partial charge in [0.1, 0.15) is 5.84 Å². The van der Waals surface area contributed by atoms with Crippen molar-refractivity contribution in [3.05, 3.63) is 0 Å². The molecule has 1 aliphatic rings. The molecule has 0 spiro atoms. The van der Waals surface area contributed by atoms with E-state index in [0.717, 1.165) is 5.92 Å². The van der Waals surface area contributed by atoms with E-state index in [1.165, 1.54) is 32.1 Å². The molecule has 0 aliphatic heterocycles. The highest BCUT2D eigenvalue weighted by Gasteiger charge is 2.17. The molecule has 0 heterocycles. The predicted molar refractivity (Wildman–Crippen MR) is 66.7 cm³/mol. The molecule has 3 unspecified atom stereocenters. The second-order valence-electron chi connectivity index (χ2n) is 5.17. The lowest BCUT2D eigenvalue weighted by atomic mass is 10.0. The Bertz CT molecular complexity index is 230. The fraction of sp³-hybridized carbons (Fsp3) is 0.917. The topological polar surface area (TPSA) is 70.6 Å². The van der Waals surface area contributed by atoms with Gasteiger partial charge in [-0.2, -0.15) is 0 Å². The first-order valence-corrected chi connectivity index (χ1v) is 6.34. The van der Waals surface area contributed by atoms with Gasteiger partial charge in [-0.3, -0.25) is 0 Å². The van der Waals surface area contributed by atoms with Crippen LogP contribution in [0.1, 0.15) is 52.4 Å². The first-order chi connectivity index (χ1) is 7.61. The highest BCUT2D eigenvalue weighted by molar-refractivity contribution is 5.80. The van der Waals surface area contributed by atoms with Crippen molar-refractivity contribution in [2.24, 2.45) is 16.8 Å². The zero-order valence-electron chi connectivity index (χ0n) is 10.4. The number of nitrogens with zero attached hydrogens (tertiary/aromatic N) is 1. The SMILES string of the molecule is CC1CCCC(NC(C)CC(N)=NO)CC1. The van der Waals surface area contributed by atoms with Crippen molar-refractivity contribution in [2.75, 3.05) is 0 Å². The van der Waals surface area contributed by atoms with Gasteiger partial charge in [-0.15, -0.1) is 0 Å². The zero-order valence-corrected chi connectivity index (χ0v) is 10.4. The van der Waals surface area contributed by atoms with Crippen LogP contribution in [0.4, 0.5) is 0 Å². The van der Waals surface area contributed by atoms with E-state index in [0.29, 0.717) is 18.3 Å². The number of rotatable bonds is 4. The summed E-state index contributed by atoms with van der Waals surface area (Å²) in [4.78, 5) is 0. The van der Waals surface area contributed by atoms with Gasteiger partial charge in [-0.05, 0) is 32.1 Å². The van der Waals surface area contributed by atoms with E-state index in [2.05, 4.69) is 24.3 Å². The van der Waals surface area contributed by atoms with Gasteiger partial charge in [0.2, 0.25) is 0 Å². The molecule has 0 saturated heterocycles. The number of amidine groups is 1. The second-order valence-corrected chi connectivity index (χ2v) is 5.17. The first-order valence-electron chi connectivity index (χ1n) is 6.34. The van der Waals surface area contributed by atoms with Crippen molar-refractivity contribution in [1.82, 2.24) is 5.32 Å². The van der Waals surface area contributed by atoms with Crippen LogP contribution in [0, 0.1) is 5.92 Å². The summed E-state index contributed by atoms with van der Waals surface area (Å²) in [6.45, 7) is 4.43. The molecule has 0 aromatic rings. The van der Waals surface area contributed by atoms with Gasteiger partial charge >= 0.3 is 0 Å². The van der Waals surface area contributed by atoms with Crippen LogP contribution in [0.25, 0.3) is 0 Å². The predicted octanol–water partition coefficient (Wildman–Crippen LogP) is 2.07. The fourth-order valence-electron chi connectivity index (χ4n) is 2.47. The lowest BCUT2D eigenvalue weighted by molar-refractivity contribution is 0.315. The first kappa shape index (κ1) is 13.3. The lowest BCUT2D eigenvalue weighted by Gasteiger charge is -2.21. The third-order valence-corrected chi connectivity index (χ3v) is 3.42. The Kier molecular flexibility index (Phi) is 5.60. The number of nitrogens with one attached hydrogen (secondary N) is 1. The van der Waals surface area contributed by atoms with Crippen LogP contribution in [0.5, 0.6) is 0 Å². The molecule has 0 aromatic carbocycles. The van der Waals surface area contributed by atoms with E-state index in [-0.39, 0.29) is 6.04 Å². The van der Waals surface area contributed by atoms with Gasteiger partial charge < -0.3 is 16.3 Å². The molecule has 0 aromatic heterocycles. The van der Waals surface area contributed by atoms with Crippen LogP contribution >= 0.6 is 0 Å². The Labute approximate surface area is 98.3 Å². The second kappa shape index (κ2) is 6.74. The van der Waals surface area contributed by atoms with E-state index in [9.17, 15) is 0 Å². The molecular formula is C12H25N3O. The van der Waals surface area contributed by atoms with Crippen molar-refractivity contribution in [3.8, 4) is 0 Å². The zero-order chi connectivity index (χ0) is 12.0. The summed E-state index contributed by atoms with van der Waals surface area (Å²) in [5.41, 5.74) is 5.49. The lowest BCUT2D eigenvalue weighted by Crippen LogP contribution is -2.38. The molecule has 1 saturated carbocycles. The molecule has 4 N–H and O–H groups in total. The number of hydrogen-bond acceptors (Lipinski definition) is 3. The average molecular weight is 227 g/mol. The summed E-state index contributed by atoms with van der Waals surface area (Å²) in [6.07, 6.45) is 7.10. The molecule has 0 amide bonds. The van der Waals surface area contributed by atoms with Crippen LogP contribution in [-0.2, 0) is 0 Å². The molecule has 1 fully saturated rings. The molecule has 16 heavy (non-hydrogen) atoms. The monoisotopic (exact) mass is 227 g/mol. The molecule has 4 heteroatoms. The summed E-state index contributed by atoms with van der Waals surface area (Å²) in [6, 6.07) is 0.890. The van der Waals surface area contributed by atoms with Crippen molar-refractivity contribution in [3.63, 3.8) is 0 Å². The molecule has 3 atom stereocenters. The van der Waals surface area contributed by atoms with Crippen molar-refractivity contribution >= 4 is 5.84 Å². The third-order valence-electron chi connectivity index (χ3n) is 3.42. The van der Waals surface area contributed by atoms with Gasteiger partial charge in [0.25, 0.3) is 0 Å². The van der Waals surface area contributed by atoms with Crippen LogP contribution in [-0.4, -0.2) is 23.1 Å². The molecule has 1 rings (SSSR count).